The number of hydrogen-bond donors (Lipinski definition) is 2. The van der Waals surface area contributed by atoms with E-state index in [1.807, 2.05) is 61.2 Å². The molecule has 1 aliphatic heterocycles. The number of aromatic amines is 1. The molecule has 0 aliphatic carbocycles. The van der Waals surface area contributed by atoms with Crippen molar-refractivity contribution in [2.75, 3.05) is 0 Å². The summed E-state index contributed by atoms with van der Waals surface area (Å²) in [6, 6.07) is 23.4. The molecule has 1 aliphatic rings. The molecule has 31 heavy (non-hydrogen) atoms. The number of phenols is 1. The SMILES string of the molecule is Cc1ccc([C@@H]2c3c(-c4ccc(C)cc4O)n[nH]c3C(=O)N2Cc2ccccc2)cc1. The molecular formula is C26H23N3O2. The molecular weight excluding hydrogens is 386 g/mol. The molecule has 0 spiro atoms. The number of carbonyl (C=O) groups excluding carboxylic acids is 1. The van der Waals surface area contributed by atoms with Crippen molar-refractivity contribution >= 4 is 5.91 Å². The van der Waals surface area contributed by atoms with Gasteiger partial charge in [0.25, 0.3) is 5.91 Å². The quantitative estimate of drug-likeness (QED) is 0.490. The van der Waals surface area contributed by atoms with Crippen LogP contribution in [0.5, 0.6) is 5.75 Å². The van der Waals surface area contributed by atoms with E-state index in [9.17, 15) is 9.90 Å². The highest BCUT2D eigenvalue weighted by Gasteiger charge is 2.42. The predicted molar refractivity (Wildman–Crippen MR) is 120 cm³/mol. The van der Waals surface area contributed by atoms with Crippen LogP contribution >= 0.6 is 0 Å². The summed E-state index contributed by atoms with van der Waals surface area (Å²) in [4.78, 5) is 15.3. The Morgan fingerprint density at radius 1 is 0.968 bits per heavy atom. The summed E-state index contributed by atoms with van der Waals surface area (Å²) in [5.41, 5.74) is 6.72. The van der Waals surface area contributed by atoms with Gasteiger partial charge in [-0.05, 0) is 42.7 Å². The molecule has 0 saturated heterocycles. The first kappa shape index (κ1) is 19.1. The van der Waals surface area contributed by atoms with Gasteiger partial charge in [-0.3, -0.25) is 9.89 Å². The normalized spacial score (nSPS) is 15.4. The van der Waals surface area contributed by atoms with Crippen molar-refractivity contribution in [3.8, 4) is 17.0 Å². The van der Waals surface area contributed by atoms with Crippen LogP contribution in [-0.2, 0) is 6.54 Å². The van der Waals surface area contributed by atoms with Gasteiger partial charge >= 0.3 is 0 Å². The van der Waals surface area contributed by atoms with Crippen LogP contribution in [-0.4, -0.2) is 26.1 Å². The summed E-state index contributed by atoms with van der Waals surface area (Å²) in [5, 5.41) is 18.0. The first-order chi connectivity index (χ1) is 15.0. The molecule has 5 heteroatoms. The molecule has 5 nitrogen and oxygen atoms in total. The van der Waals surface area contributed by atoms with E-state index in [4.69, 9.17) is 0 Å². The van der Waals surface area contributed by atoms with Crippen molar-refractivity contribution in [1.82, 2.24) is 15.1 Å². The van der Waals surface area contributed by atoms with E-state index in [1.165, 1.54) is 0 Å². The molecule has 0 fully saturated rings. The average molecular weight is 409 g/mol. The summed E-state index contributed by atoms with van der Waals surface area (Å²) >= 11 is 0. The van der Waals surface area contributed by atoms with E-state index in [2.05, 4.69) is 34.5 Å². The van der Waals surface area contributed by atoms with Gasteiger partial charge in [-0.15, -0.1) is 0 Å². The first-order valence-corrected chi connectivity index (χ1v) is 10.3. The summed E-state index contributed by atoms with van der Waals surface area (Å²) in [5.74, 6) is 0.0701. The van der Waals surface area contributed by atoms with Gasteiger partial charge in [-0.25, -0.2) is 0 Å². The molecule has 1 amide bonds. The van der Waals surface area contributed by atoms with E-state index in [0.29, 0.717) is 23.5 Å². The van der Waals surface area contributed by atoms with Gasteiger partial charge in [-0.1, -0.05) is 66.2 Å². The maximum absolute atomic E-state index is 13.4. The van der Waals surface area contributed by atoms with Gasteiger partial charge in [0.1, 0.15) is 17.1 Å². The molecule has 0 bridgehead atoms. The Bertz CT molecular complexity index is 1260. The summed E-state index contributed by atoms with van der Waals surface area (Å²) in [7, 11) is 0. The number of carbonyl (C=O) groups is 1. The van der Waals surface area contributed by atoms with Crippen molar-refractivity contribution in [2.45, 2.75) is 26.4 Å². The Kier molecular flexibility index (Phi) is 4.59. The van der Waals surface area contributed by atoms with Crippen molar-refractivity contribution in [2.24, 2.45) is 0 Å². The number of hydrogen-bond acceptors (Lipinski definition) is 3. The van der Waals surface area contributed by atoms with Gasteiger partial charge < -0.3 is 10.0 Å². The molecule has 2 heterocycles. The molecule has 1 atom stereocenters. The Labute approximate surface area is 181 Å². The Morgan fingerprint density at radius 3 is 2.39 bits per heavy atom. The highest BCUT2D eigenvalue weighted by molar-refractivity contribution is 6.00. The lowest BCUT2D eigenvalue weighted by Crippen LogP contribution is -2.29. The van der Waals surface area contributed by atoms with Gasteiger partial charge in [0.2, 0.25) is 0 Å². The van der Waals surface area contributed by atoms with Gasteiger partial charge in [0.05, 0.1) is 6.04 Å². The number of aryl methyl sites for hydroxylation is 2. The van der Waals surface area contributed by atoms with Crippen molar-refractivity contribution in [3.63, 3.8) is 0 Å². The zero-order chi connectivity index (χ0) is 21.5. The second-order valence-corrected chi connectivity index (χ2v) is 8.11. The number of benzene rings is 3. The molecule has 0 radical (unpaired) electrons. The third-order valence-corrected chi connectivity index (χ3v) is 5.86. The summed E-state index contributed by atoms with van der Waals surface area (Å²) in [6.45, 7) is 4.46. The fraction of sp³-hybridized carbons (Fsp3) is 0.154. The lowest BCUT2D eigenvalue weighted by atomic mass is 9.94. The van der Waals surface area contributed by atoms with Crippen LogP contribution < -0.4 is 0 Å². The molecule has 3 aromatic carbocycles. The maximum Gasteiger partial charge on any atom is 0.273 e. The average Bonchev–Trinajstić information content (AvgIpc) is 3.29. The number of rotatable bonds is 4. The highest BCUT2D eigenvalue weighted by Crippen LogP contribution is 2.45. The van der Waals surface area contributed by atoms with Gasteiger partial charge in [0.15, 0.2) is 0 Å². The van der Waals surface area contributed by atoms with E-state index in [0.717, 1.165) is 27.8 Å². The molecule has 2 N–H and O–H groups in total. The predicted octanol–water partition coefficient (Wildman–Crippen LogP) is 5.14. The van der Waals surface area contributed by atoms with Crippen LogP contribution in [0.4, 0.5) is 0 Å². The van der Waals surface area contributed by atoms with Crippen molar-refractivity contribution in [1.29, 1.82) is 0 Å². The minimum Gasteiger partial charge on any atom is -0.507 e. The zero-order valence-corrected chi connectivity index (χ0v) is 17.5. The third kappa shape index (κ3) is 3.28. The van der Waals surface area contributed by atoms with Crippen LogP contribution in [0.25, 0.3) is 11.3 Å². The fourth-order valence-electron chi connectivity index (χ4n) is 4.28. The lowest BCUT2D eigenvalue weighted by molar-refractivity contribution is 0.0730. The molecule has 0 unspecified atom stereocenters. The van der Waals surface area contributed by atoms with Crippen molar-refractivity contribution in [3.05, 3.63) is 106 Å². The standard InChI is InChI=1S/C26H23N3O2/c1-16-8-11-19(12-9-16)25-22-23(20-13-10-17(2)14-21(20)30)27-28-24(22)26(31)29(25)15-18-6-4-3-5-7-18/h3-14,25,30H,15H2,1-2H3,(H,27,28)/t25-/m1/s1. The maximum atomic E-state index is 13.4. The van der Waals surface area contributed by atoms with Crippen LogP contribution in [0, 0.1) is 13.8 Å². The fourth-order valence-corrected chi connectivity index (χ4v) is 4.28. The number of nitrogens with one attached hydrogen (secondary N) is 1. The number of phenolic OH excluding ortho intramolecular Hbond substituents is 1. The minimum absolute atomic E-state index is 0.0882. The second-order valence-electron chi connectivity index (χ2n) is 8.11. The number of aromatic hydroxyl groups is 1. The molecule has 1 aromatic heterocycles. The second kappa shape index (κ2) is 7.43. The van der Waals surface area contributed by atoms with E-state index in [1.54, 1.807) is 6.07 Å². The number of amides is 1. The first-order valence-electron chi connectivity index (χ1n) is 10.3. The molecule has 5 rings (SSSR count). The van der Waals surface area contributed by atoms with E-state index >= 15 is 0 Å². The number of H-pyrrole nitrogens is 1. The molecule has 154 valence electrons. The summed E-state index contributed by atoms with van der Waals surface area (Å²) < 4.78 is 0. The number of aromatic nitrogens is 2. The van der Waals surface area contributed by atoms with Crippen molar-refractivity contribution < 1.29 is 9.90 Å². The lowest BCUT2D eigenvalue weighted by Gasteiger charge is -2.26. The van der Waals surface area contributed by atoms with Crippen LogP contribution in [0.15, 0.2) is 72.8 Å². The largest absolute Gasteiger partial charge is 0.507 e. The number of nitrogens with zero attached hydrogens (tertiary/aromatic N) is 2. The third-order valence-electron chi connectivity index (χ3n) is 5.86. The molecule has 4 aromatic rings. The van der Waals surface area contributed by atoms with Gasteiger partial charge in [-0.2, -0.15) is 5.10 Å². The minimum atomic E-state index is -0.294. The highest BCUT2D eigenvalue weighted by atomic mass is 16.3. The van der Waals surface area contributed by atoms with Gasteiger partial charge in [0, 0.05) is 17.7 Å². The van der Waals surface area contributed by atoms with Crippen LogP contribution in [0.2, 0.25) is 0 Å². The molecule has 0 saturated carbocycles. The zero-order valence-electron chi connectivity index (χ0n) is 17.5. The summed E-state index contributed by atoms with van der Waals surface area (Å²) in [6.07, 6.45) is 0. The van der Waals surface area contributed by atoms with E-state index in [-0.39, 0.29) is 17.7 Å². The monoisotopic (exact) mass is 409 g/mol. The Hall–Kier alpha value is -3.86. The topological polar surface area (TPSA) is 69.2 Å². The Morgan fingerprint density at radius 2 is 1.68 bits per heavy atom. The Balaban J connectivity index is 1.67. The van der Waals surface area contributed by atoms with Crippen LogP contribution in [0.3, 0.4) is 0 Å². The smallest absolute Gasteiger partial charge is 0.273 e. The van der Waals surface area contributed by atoms with E-state index < -0.39 is 0 Å². The number of fused-ring (bicyclic) bond motifs is 1. The van der Waals surface area contributed by atoms with Crippen LogP contribution in [0.1, 0.15) is 44.3 Å².